The first kappa shape index (κ1) is 22.1. The van der Waals surface area contributed by atoms with E-state index in [2.05, 4.69) is 46.5 Å². The van der Waals surface area contributed by atoms with Crippen molar-refractivity contribution in [3.05, 3.63) is 113 Å². The summed E-state index contributed by atoms with van der Waals surface area (Å²) >= 11 is 0. The first-order valence-corrected chi connectivity index (χ1v) is 10.9. The van der Waals surface area contributed by atoms with Crippen LogP contribution in [0.15, 0.2) is 85.2 Å². The molecule has 0 spiro atoms. The first-order chi connectivity index (χ1) is 15.9. The van der Waals surface area contributed by atoms with Crippen molar-refractivity contribution in [2.45, 2.75) is 27.3 Å². The number of benzene rings is 2. The van der Waals surface area contributed by atoms with E-state index in [0.717, 1.165) is 23.1 Å². The number of carboxylic acid groups (broad SMARTS) is 1. The Hall–Kier alpha value is -4.12. The lowest BCUT2D eigenvalue weighted by Crippen LogP contribution is -2.10. The number of carbonyl (C=O) groups excluding carboxylic acids is 1. The highest BCUT2D eigenvalue weighted by Crippen LogP contribution is 2.29. The molecule has 0 unspecified atom stereocenters. The molecule has 0 radical (unpaired) electrons. The molecule has 33 heavy (non-hydrogen) atoms. The molecule has 3 aromatic heterocycles. The number of aryl methyl sites for hydroxylation is 2. The Kier molecular flexibility index (Phi) is 6.13. The molecule has 0 fully saturated rings. The van der Waals surface area contributed by atoms with E-state index >= 15 is 0 Å². The minimum atomic E-state index is -1.09. The lowest BCUT2D eigenvalue weighted by Gasteiger charge is -2.07. The summed E-state index contributed by atoms with van der Waals surface area (Å²) in [4.78, 5) is 24.5. The van der Waals surface area contributed by atoms with E-state index < -0.39 is 5.97 Å². The molecule has 0 aliphatic carbocycles. The van der Waals surface area contributed by atoms with Gasteiger partial charge in [0.05, 0.1) is 11.1 Å². The molecule has 5 rings (SSSR count). The third-order valence-electron chi connectivity index (χ3n) is 5.82. The number of para-hydroxylation sites is 1. The highest BCUT2D eigenvalue weighted by Gasteiger charge is 2.23. The summed E-state index contributed by atoms with van der Waals surface area (Å²) in [5, 5.41) is 10.2. The van der Waals surface area contributed by atoms with Crippen LogP contribution in [0.1, 0.15) is 44.5 Å². The molecule has 0 aliphatic rings. The minimum Gasteiger partial charge on any atom is -0.478 e. The topological polar surface area (TPSA) is 63.7 Å². The molecule has 2 aromatic carbocycles. The number of hydrogen-bond donors (Lipinski definition) is 1. The lowest BCUT2D eigenvalue weighted by atomic mass is 9.96. The van der Waals surface area contributed by atoms with E-state index in [1.165, 1.54) is 17.1 Å². The van der Waals surface area contributed by atoms with Crippen LogP contribution in [0.2, 0.25) is 0 Å². The predicted octanol–water partition coefficient (Wildman–Crippen LogP) is 6.15. The molecule has 0 saturated heterocycles. The number of hydrogen-bond acceptors (Lipinski definition) is 2. The zero-order valence-corrected chi connectivity index (χ0v) is 18.9. The van der Waals surface area contributed by atoms with Gasteiger partial charge in [-0.05, 0) is 56.7 Å². The maximum Gasteiger partial charge on any atom is 0.336 e. The Bertz CT molecular complexity index is 1440. The summed E-state index contributed by atoms with van der Waals surface area (Å²) in [6.07, 6.45) is 4.18. The Morgan fingerprint density at radius 2 is 1.55 bits per heavy atom. The van der Waals surface area contributed by atoms with Crippen molar-refractivity contribution in [1.29, 1.82) is 0 Å². The number of fused-ring (bicyclic) bond motifs is 2. The zero-order chi connectivity index (χ0) is 23.5. The van der Waals surface area contributed by atoms with Crippen LogP contribution in [-0.2, 0) is 6.54 Å². The Morgan fingerprint density at radius 3 is 2.24 bits per heavy atom. The standard InChI is InChI=1S/C19H17NO3.C9H9N/c1-3-20-12(2)17(15-10-6-7-11-16(15)20)18(21)13-8-4-5-9-14(13)19(22)23;1-8-6-9-4-2-3-5-10(9)7-8/h4-11H,3H2,1-2H3,(H,22,23);2-7H,1H3. The van der Waals surface area contributed by atoms with Crippen LogP contribution in [0.5, 0.6) is 0 Å². The molecular formula is C28H26N2O3. The van der Waals surface area contributed by atoms with Gasteiger partial charge in [0.1, 0.15) is 0 Å². The SMILES string of the molecule is CCn1c(C)c(C(=O)c2ccccc2C(=O)O)c2ccccc21.Cc1cc2ccccn2c1. The number of aromatic nitrogens is 2. The molecule has 0 atom stereocenters. The maximum absolute atomic E-state index is 13.1. The third kappa shape index (κ3) is 4.17. The van der Waals surface area contributed by atoms with Gasteiger partial charge in [-0.15, -0.1) is 0 Å². The monoisotopic (exact) mass is 438 g/mol. The normalized spacial score (nSPS) is 10.8. The van der Waals surface area contributed by atoms with Crippen molar-refractivity contribution >= 4 is 28.2 Å². The van der Waals surface area contributed by atoms with E-state index in [0.29, 0.717) is 5.56 Å². The van der Waals surface area contributed by atoms with Gasteiger partial charge >= 0.3 is 5.97 Å². The van der Waals surface area contributed by atoms with Gasteiger partial charge in [-0.1, -0.05) is 42.5 Å². The minimum absolute atomic E-state index is 0.0326. The molecule has 5 heteroatoms. The number of nitrogens with zero attached hydrogens (tertiary/aromatic N) is 2. The van der Waals surface area contributed by atoms with E-state index in [-0.39, 0.29) is 16.9 Å². The number of pyridine rings is 1. The second-order valence-electron chi connectivity index (χ2n) is 7.95. The van der Waals surface area contributed by atoms with Crippen LogP contribution in [0.25, 0.3) is 16.4 Å². The molecule has 5 nitrogen and oxygen atoms in total. The molecule has 166 valence electrons. The van der Waals surface area contributed by atoms with Crippen LogP contribution >= 0.6 is 0 Å². The molecule has 5 aromatic rings. The van der Waals surface area contributed by atoms with E-state index in [1.807, 2.05) is 44.2 Å². The molecule has 0 aliphatic heterocycles. The van der Waals surface area contributed by atoms with Crippen LogP contribution in [0.4, 0.5) is 0 Å². The first-order valence-electron chi connectivity index (χ1n) is 10.9. The fourth-order valence-corrected chi connectivity index (χ4v) is 4.33. The average molecular weight is 439 g/mol. The number of carboxylic acids is 1. The van der Waals surface area contributed by atoms with Crippen LogP contribution < -0.4 is 0 Å². The van der Waals surface area contributed by atoms with Crippen molar-refractivity contribution < 1.29 is 14.7 Å². The van der Waals surface area contributed by atoms with Crippen molar-refractivity contribution in [1.82, 2.24) is 8.97 Å². The van der Waals surface area contributed by atoms with Crippen LogP contribution in [-0.4, -0.2) is 25.8 Å². The molecular weight excluding hydrogens is 412 g/mol. The van der Waals surface area contributed by atoms with E-state index in [1.54, 1.807) is 18.2 Å². The van der Waals surface area contributed by atoms with Crippen molar-refractivity contribution in [3.8, 4) is 0 Å². The Labute approximate surface area is 192 Å². The molecule has 0 saturated carbocycles. The second-order valence-corrected chi connectivity index (χ2v) is 7.95. The predicted molar refractivity (Wildman–Crippen MR) is 131 cm³/mol. The van der Waals surface area contributed by atoms with Crippen molar-refractivity contribution in [2.24, 2.45) is 0 Å². The van der Waals surface area contributed by atoms with Gasteiger partial charge in [-0.3, -0.25) is 4.79 Å². The number of carbonyl (C=O) groups is 2. The Morgan fingerprint density at radius 1 is 0.879 bits per heavy atom. The summed E-state index contributed by atoms with van der Waals surface area (Å²) < 4.78 is 4.20. The Balaban J connectivity index is 0.000000214. The van der Waals surface area contributed by atoms with Gasteiger partial charge in [0, 0.05) is 46.6 Å². The van der Waals surface area contributed by atoms with Crippen molar-refractivity contribution in [2.75, 3.05) is 0 Å². The largest absolute Gasteiger partial charge is 0.478 e. The van der Waals surface area contributed by atoms with Gasteiger partial charge in [0.2, 0.25) is 0 Å². The highest BCUT2D eigenvalue weighted by atomic mass is 16.4. The third-order valence-corrected chi connectivity index (χ3v) is 5.82. The fourth-order valence-electron chi connectivity index (χ4n) is 4.33. The molecule has 0 amide bonds. The zero-order valence-electron chi connectivity index (χ0n) is 18.9. The fraction of sp³-hybridized carbons (Fsp3) is 0.143. The lowest BCUT2D eigenvalue weighted by molar-refractivity contribution is 0.0692. The van der Waals surface area contributed by atoms with E-state index in [9.17, 15) is 14.7 Å². The van der Waals surface area contributed by atoms with Gasteiger partial charge in [-0.25, -0.2) is 4.79 Å². The summed E-state index contributed by atoms with van der Waals surface area (Å²) in [6, 6.07) is 22.4. The van der Waals surface area contributed by atoms with Gasteiger partial charge in [0.15, 0.2) is 5.78 Å². The number of rotatable bonds is 4. The van der Waals surface area contributed by atoms with Gasteiger partial charge in [-0.2, -0.15) is 0 Å². The number of ketones is 1. The average Bonchev–Trinajstić information content (AvgIpc) is 3.34. The van der Waals surface area contributed by atoms with Crippen molar-refractivity contribution in [3.63, 3.8) is 0 Å². The maximum atomic E-state index is 13.1. The molecule has 0 bridgehead atoms. The summed E-state index contributed by atoms with van der Waals surface area (Å²) in [5.41, 5.74) is 5.26. The van der Waals surface area contributed by atoms with E-state index in [4.69, 9.17) is 0 Å². The number of aromatic carboxylic acids is 1. The quantitative estimate of drug-likeness (QED) is 0.343. The summed E-state index contributed by atoms with van der Waals surface area (Å²) in [5.74, 6) is -1.34. The molecule has 1 N–H and O–H groups in total. The molecule has 3 heterocycles. The van der Waals surface area contributed by atoms with Gasteiger partial charge in [0.25, 0.3) is 0 Å². The highest BCUT2D eigenvalue weighted by molar-refractivity contribution is 6.20. The summed E-state index contributed by atoms with van der Waals surface area (Å²) in [6.45, 7) is 6.78. The smallest absolute Gasteiger partial charge is 0.336 e. The second kappa shape index (κ2) is 9.17. The van der Waals surface area contributed by atoms with Gasteiger partial charge < -0.3 is 14.1 Å². The summed E-state index contributed by atoms with van der Waals surface area (Å²) in [7, 11) is 0. The van der Waals surface area contributed by atoms with Crippen LogP contribution in [0.3, 0.4) is 0 Å². The van der Waals surface area contributed by atoms with Crippen LogP contribution in [0, 0.1) is 13.8 Å².